The van der Waals surface area contributed by atoms with Crippen LogP contribution in [0.3, 0.4) is 0 Å². The van der Waals surface area contributed by atoms with E-state index in [9.17, 15) is 18.0 Å². The minimum Gasteiger partial charge on any atom is -0.404 e. The van der Waals surface area contributed by atoms with Crippen molar-refractivity contribution in [3.63, 3.8) is 0 Å². The van der Waals surface area contributed by atoms with Gasteiger partial charge in [-0.15, -0.1) is 13.2 Å². The van der Waals surface area contributed by atoms with Gasteiger partial charge in [0, 0.05) is 25.3 Å². The summed E-state index contributed by atoms with van der Waals surface area (Å²) in [4.78, 5) is 13.6. The molecule has 5 nitrogen and oxygen atoms in total. The van der Waals surface area contributed by atoms with Crippen LogP contribution in [0.1, 0.15) is 23.7 Å². The van der Waals surface area contributed by atoms with Gasteiger partial charge in [-0.2, -0.15) is 0 Å². The van der Waals surface area contributed by atoms with Gasteiger partial charge in [-0.3, -0.25) is 4.79 Å². The molecule has 0 aliphatic carbocycles. The number of nitrogen functional groups attached to an aromatic ring is 1. The molecule has 0 aliphatic rings. The van der Waals surface area contributed by atoms with E-state index in [2.05, 4.69) is 4.74 Å². The van der Waals surface area contributed by atoms with Crippen molar-refractivity contribution >= 4 is 11.6 Å². The Kier molecular flexibility index (Phi) is 5.83. The summed E-state index contributed by atoms with van der Waals surface area (Å²) in [6.45, 7) is 2.48. The SMILES string of the molecule is CCN(CCCO)C(=O)c1ccc(OC(F)(F)F)c(N)c1. The van der Waals surface area contributed by atoms with Crippen LogP contribution in [0, 0.1) is 0 Å². The third-order valence-corrected chi connectivity index (χ3v) is 2.74. The van der Waals surface area contributed by atoms with E-state index in [1.54, 1.807) is 6.92 Å². The number of aliphatic hydroxyl groups is 1. The van der Waals surface area contributed by atoms with Gasteiger partial charge < -0.3 is 20.5 Å². The van der Waals surface area contributed by atoms with Crippen LogP contribution in [-0.2, 0) is 0 Å². The molecule has 0 radical (unpaired) electrons. The first-order chi connectivity index (χ1) is 9.78. The van der Waals surface area contributed by atoms with Crippen molar-refractivity contribution in [1.82, 2.24) is 4.90 Å². The average molecular weight is 306 g/mol. The summed E-state index contributed by atoms with van der Waals surface area (Å²) in [5.74, 6) is -0.909. The minimum atomic E-state index is -4.84. The molecule has 1 aromatic rings. The Balaban J connectivity index is 2.89. The number of nitrogens with zero attached hydrogens (tertiary/aromatic N) is 1. The maximum absolute atomic E-state index is 12.2. The van der Waals surface area contributed by atoms with Crippen LogP contribution in [0.2, 0.25) is 0 Å². The third-order valence-electron chi connectivity index (χ3n) is 2.74. The number of halogens is 3. The molecule has 21 heavy (non-hydrogen) atoms. The predicted octanol–water partition coefficient (Wildman–Crippen LogP) is 2.01. The summed E-state index contributed by atoms with van der Waals surface area (Å²) in [5.41, 5.74) is 5.37. The summed E-state index contributed by atoms with van der Waals surface area (Å²) >= 11 is 0. The second-order valence-electron chi connectivity index (χ2n) is 4.26. The maximum atomic E-state index is 12.2. The summed E-state index contributed by atoms with van der Waals surface area (Å²) < 4.78 is 40.1. The van der Waals surface area contributed by atoms with Gasteiger partial charge >= 0.3 is 6.36 Å². The van der Waals surface area contributed by atoms with Crippen LogP contribution >= 0.6 is 0 Å². The standard InChI is InChI=1S/C13H17F3N2O3/c1-2-18(6-3-7-19)12(20)9-4-5-11(10(17)8-9)21-13(14,15)16/h4-5,8,19H,2-3,6-7,17H2,1H3. The van der Waals surface area contributed by atoms with E-state index in [4.69, 9.17) is 10.8 Å². The van der Waals surface area contributed by atoms with E-state index in [-0.39, 0.29) is 23.8 Å². The number of ether oxygens (including phenoxy) is 1. The molecule has 0 bridgehead atoms. The first kappa shape index (κ1) is 17.1. The molecule has 0 unspecified atom stereocenters. The number of alkyl halides is 3. The zero-order valence-corrected chi connectivity index (χ0v) is 11.5. The van der Waals surface area contributed by atoms with Gasteiger partial charge in [0.2, 0.25) is 0 Å². The van der Waals surface area contributed by atoms with Crippen molar-refractivity contribution in [3.8, 4) is 5.75 Å². The number of benzene rings is 1. The maximum Gasteiger partial charge on any atom is 0.573 e. The fourth-order valence-corrected chi connectivity index (χ4v) is 1.75. The van der Waals surface area contributed by atoms with Gasteiger partial charge in [0.15, 0.2) is 5.75 Å². The summed E-state index contributed by atoms with van der Waals surface area (Å²) in [7, 11) is 0. The number of carbonyl (C=O) groups is 1. The number of hydrogen-bond donors (Lipinski definition) is 2. The highest BCUT2D eigenvalue weighted by molar-refractivity contribution is 5.95. The van der Waals surface area contributed by atoms with Gasteiger partial charge in [-0.25, -0.2) is 0 Å². The number of carbonyl (C=O) groups excluding carboxylic acids is 1. The largest absolute Gasteiger partial charge is 0.573 e. The average Bonchev–Trinajstić information content (AvgIpc) is 2.40. The summed E-state index contributed by atoms with van der Waals surface area (Å²) in [6.07, 6.45) is -4.42. The van der Waals surface area contributed by atoms with Gasteiger partial charge in [0.1, 0.15) is 0 Å². The molecule has 8 heteroatoms. The quantitative estimate of drug-likeness (QED) is 0.788. The number of hydrogen-bond acceptors (Lipinski definition) is 4. The molecule has 0 aromatic heterocycles. The number of aliphatic hydroxyl groups excluding tert-OH is 1. The molecule has 118 valence electrons. The first-order valence-corrected chi connectivity index (χ1v) is 6.34. The predicted molar refractivity (Wildman–Crippen MR) is 70.8 cm³/mol. The van der Waals surface area contributed by atoms with Gasteiger partial charge in [0.25, 0.3) is 5.91 Å². The molecular formula is C13H17F3N2O3. The lowest BCUT2D eigenvalue weighted by Gasteiger charge is -2.21. The Morgan fingerprint density at radius 2 is 2.10 bits per heavy atom. The number of nitrogens with two attached hydrogens (primary N) is 1. The molecule has 1 amide bonds. The molecular weight excluding hydrogens is 289 g/mol. The fraction of sp³-hybridized carbons (Fsp3) is 0.462. The molecule has 1 aromatic carbocycles. The van der Waals surface area contributed by atoms with Gasteiger partial charge in [-0.1, -0.05) is 0 Å². The molecule has 0 aliphatic heterocycles. The molecule has 0 heterocycles. The lowest BCUT2D eigenvalue weighted by atomic mass is 10.1. The van der Waals surface area contributed by atoms with Crippen molar-refractivity contribution in [3.05, 3.63) is 23.8 Å². The molecule has 0 atom stereocenters. The molecule has 0 spiro atoms. The number of rotatable bonds is 6. The van der Waals surface area contributed by atoms with Crippen LogP contribution < -0.4 is 10.5 Å². The molecule has 0 fully saturated rings. The van der Waals surface area contributed by atoms with Crippen molar-refractivity contribution in [2.24, 2.45) is 0 Å². The second-order valence-corrected chi connectivity index (χ2v) is 4.26. The second kappa shape index (κ2) is 7.16. The van der Waals surface area contributed by atoms with Crippen LogP contribution in [0.4, 0.5) is 18.9 Å². The van der Waals surface area contributed by atoms with E-state index in [0.717, 1.165) is 12.1 Å². The monoisotopic (exact) mass is 306 g/mol. The molecule has 0 saturated heterocycles. The Hall–Kier alpha value is -1.96. The van der Waals surface area contributed by atoms with Crippen molar-refractivity contribution in [2.45, 2.75) is 19.7 Å². The van der Waals surface area contributed by atoms with Crippen molar-refractivity contribution in [1.29, 1.82) is 0 Å². The highest BCUT2D eigenvalue weighted by Crippen LogP contribution is 2.29. The minimum absolute atomic E-state index is 0.0513. The molecule has 0 saturated carbocycles. The highest BCUT2D eigenvalue weighted by Gasteiger charge is 2.32. The van der Waals surface area contributed by atoms with Crippen molar-refractivity contribution < 1.29 is 27.8 Å². The van der Waals surface area contributed by atoms with E-state index in [0.29, 0.717) is 19.5 Å². The zero-order chi connectivity index (χ0) is 16.0. The van der Waals surface area contributed by atoms with Crippen LogP contribution in [0.15, 0.2) is 18.2 Å². The van der Waals surface area contributed by atoms with E-state index in [1.165, 1.54) is 11.0 Å². The summed E-state index contributed by atoms with van der Waals surface area (Å²) in [5, 5.41) is 8.77. The fourth-order valence-electron chi connectivity index (χ4n) is 1.75. The zero-order valence-electron chi connectivity index (χ0n) is 11.5. The Labute approximate surface area is 120 Å². The van der Waals surface area contributed by atoms with E-state index in [1.807, 2.05) is 0 Å². The Bertz CT molecular complexity index is 492. The van der Waals surface area contributed by atoms with Crippen molar-refractivity contribution in [2.75, 3.05) is 25.4 Å². The van der Waals surface area contributed by atoms with E-state index >= 15 is 0 Å². The normalized spacial score (nSPS) is 11.3. The first-order valence-electron chi connectivity index (χ1n) is 6.34. The highest BCUT2D eigenvalue weighted by atomic mass is 19.4. The lowest BCUT2D eigenvalue weighted by Crippen LogP contribution is -2.32. The molecule has 3 N–H and O–H groups in total. The number of amides is 1. The third kappa shape index (κ3) is 5.14. The van der Waals surface area contributed by atoms with Gasteiger partial charge in [-0.05, 0) is 31.5 Å². The Morgan fingerprint density at radius 1 is 1.43 bits per heavy atom. The smallest absolute Gasteiger partial charge is 0.404 e. The van der Waals surface area contributed by atoms with Crippen LogP contribution in [0.5, 0.6) is 5.75 Å². The topological polar surface area (TPSA) is 75.8 Å². The lowest BCUT2D eigenvalue weighted by molar-refractivity contribution is -0.274. The number of anilines is 1. The molecule has 1 rings (SSSR count). The summed E-state index contributed by atoms with van der Waals surface area (Å²) in [6, 6.07) is 3.38. The van der Waals surface area contributed by atoms with Crippen LogP contribution in [-0.4, -0.2) is 42.0 Å². The van der Waals surface area contributed by atoms with E-state index < -0.39 is 12.1 Å². The van der Waals surface area contributed by atoms with Gasteiger partial charge in [0.05, 0.1) is 5.69 Å². The van der Waals surface area contributed by atoms with Crippen LogP contribution in [0.25, 0.3) is 0 Å². The Morgan fingerprint density at radius 3 is 2.57 bits per heavy atom.